The van der Waals surface area contributed by atoms with Gasteiger partial charge >= 0.3 is 12.5 Å². The normalized spacial score (nSPS) is 23.0. The summed E-state index contributed by atoms with van der Waals surface area (Å²) in [7, 11) is 0. The second kappa shape index (κ2) is 7.50. The van der Waals surface area contributed by atoms with E-state index in [4.69, 9.17) is 21.4 Å². The molecule has 3 N–H and O–H groups in total. The van der Waals surface area contributed by atoms with Gasteiger partial charge in [-0.05, 0) is 36.1 Å². The summed E-state index contributed by atoms with van der Waals surface area (Å²) in [6.45, 7) is 0.0189. The first-order chi connectivity index (χ1) is 12.1. The van der Waals surface area contributed by atoms with Crippen molar-refractivity contribution >= 4 is 6.09 Å². The molecule has 1 heterocycles. The molecule has 1 aliphatic rings. The molecule has 0 radical (unpaired) electrons. The zero-order valence-electron chi connectivity index (χ0n) is 13.4. The number of hydrogen-bond acceptors (Lipinski definition) is 5. The minimum absolute atomic E-state index is 0.0236. The number of ether oxygens (including phenoxy) is 1. The van der Waals surface area contributed by atoms with Crippen LogP contribution in [0.25, 0.3) is 0 Å². The van der Waals surface area contributed by atoms with E-state index in [9.17, 15) is 18.0 Å². The second-order valence-corrected chi connectivity index (χ2v) is 5.99. The van der Waals surface area contributed by atoms with Crippen LogP contribution >= 0.6 is 0 Å². The van der Waals surface area contributed by atoms with Gasteiger partial charge in [-0.25, -0.2) is 4.79 Å². The fraction of sp³-hybridized carbons (Fsp3) is 0.438. The average molecular weight is 368 g/mol. The van der Waals surface area contributed by atoms with Crippen LogP contribution in [-0.4, -0.2) is 41.6 Å². The number of rotatable bonds is 3. The van der Waals surface area contributed by atoms with Crippen LogP contribution in [0.5, 0.6) is 5.75 Å². The molecule has 1 amide bonds. The molecule has 7 nitrogen and oxygen atoms in total. The van der Waals surface area contributed by atoms with Crippen molar-refractivity contribution in [3.8, 4) is 17.9 Å². The van der Waals surface area contributed by atoms with Crippen molar-refractivity contribution in [1.82, 2.24) is 4.90 Å². The van der Waals surface area contributed by atoms with Gasteiger partial charge in [0.1, 0.15) is 5.75 Å². The van der Waals surface area contributed by atoms with E-state index in [1.807, 2.05) is 6.07 Å². The third-order valence-corrected chi connectivity index (χ3v) is 4.14. The molecule has 10 heteroatoms. The number of amides is 1. The highest BCUT2D eigenvalue weighted by Crippen LogP contribution is 2.29. The summed E-state index contributed by atoms with van der Waals surface area (Å²) in [5.41, 5.74) is 6.35. The van der Waals surface area contributed by atoms with Gasteiger partial charge in [0.05, 0.1) is 23.6 Å². The zero-order valence-corrected chi connectivity index (χ0v) is 13.4. The lowest BCUT2D eigenvalue weighted by molar-refractivity contribution is -0.274. The van der Waals surface area contributed by atoms with Gasteiger partial charge < -0.3 is 20.5 Å². The van der Waals surface area contributed by atoms with E-state index in [0.717, 1.165) is 17.0 Å². The number of hydrogen-bond donors (Lipinski definition) is 2. The van der Waals surface area contributed by atoms with E-state index < -0.39 is 36.1 Å². The van der Waals surface area contributed by atoms with Crippen LogP contribution < -0.4 is 10.5 Å². The Hall–Kier alpha value is -2.98. The Labute approximate surface area is 147 Å². The van der Waals surface area contributed by atoms with Gasteiger partial charge in [-0.15, -0.1) is 13.2 Å². The third-order valence-electron chi connectivity index (χ3n) is 4.14. The van der Waals surface area contributed by atoms with Crippen molar-refractivity contribution < 1.29 is 27.8 Å². The molecule has 138 valence electrons. The predicted octanol–water partition coefficient (Wildman–Crippen LogP) is 2.08. The molecule has 26 heavy (non-hydrogen) atoms. The molecule has 3 atom stereocenters. The lowest BCUT2D eigenvalue weighted by Crippen LogP contribution is -2.54. The molecule has 1 aliphatic heterocycles. The fourth-order valence-corrected chi connectivity index (χ4v) is 2.99. The van der Waals surface area contributed by atoms with Crippen LogP contribution in [0, 0.1) is 34.5 Å². The van der Waals surface area contributed by atoms with E-state index in [1.165, 1.54) is 6.07 Å². The van der Waals surface area contributed by atoms with Gasteiger partial charge in [0, 0.05) is 19.1 Å². The summed E-state index contributed by atoms with van der Waals surface area (Å²) in [6.07, 6.45) is -6.00. The Kier molecular flexibility index (Phi) is 5.58. The number of benzene rings is 1. The van der Waals surface area contributed by atoms with Crippen LogP contribution in [0.15, 0.2) is 18.2 Å². The number of nitrogens with two attached hydrogens (primary N) is 1. The molecular formula is C16H15F3N4O3. The number of alkyl halides is 3. The maximum atomic E-state index is 12.4. The lowest BCUT2D eigenvalue weighted by Gasteiger charge is -2.38. The highest BCUT2D eigenvalue weighted by atomic mass is 19.4. The summed E-state index contributed by atoms with van der Waals surface area (Å²) in [4.78, 5) is 12.3. The number of halogens is 3. The first-order valence-electron chi connectivity index (χ1n) is 7.56. The Morgan fingerprint density at radius 1 is 1.35 bits per heavy atom. The molecule has 1 saturated heterocycles. The van der Waals surface area contributed by atoms with Crippen LogP contribution in [0.3, 0.4) is 0 Å². The molecule has 0 aromatic heterocycles. The molecule has 1 aromatic carbocycles. The Bertz CT molecular complexity index is 769. The predicted molar refractivity (Wildman–Crippen MR) is 81.7 cm³/mol. The van der Waals surface area contributed by atoms with Gasteiger partial charge in [-0.3, -0.25) is 0 Å². The minimum Gasteiger partial charge on any atom is -0.465 e. The molecular weight excluding hydrogens is 353 g/mol. The van der Waals surface area contributed by atoms with E-state index in [0.29, 0.717) is 5.56 Å². The standard InChI is InChI=1S/C16H15F3N4O3/c17-16(18,19)26-13-3-9(1-10(4-13)5-20)2-11-7-23(15(24)25)8-12(6-21)14(11)22/h1,3-4,11-12,14H,2,7-8,22H2,(H,24,25). The summed E-state index contributed by atoms with van der Waals surface area (Å²) >= 11 is 0. The van der Waals surface area contributed by atoms with E-state index >= 15 is 0 Å². The Balaban J connectivity index is 2.28. The summed E-state index contributed by atoms with van der Waals surface area (Å²) in [5.74, 6) is -1.75. The molecule has 2 rings (SSSR count). The van der Waals surface area contributed by atoms with Crippen molar-refractivity contribution in [2.75, 3.05) is 13.1 Å². The molecule has 0 bridgehead atoms. The maximum Gasteiger partial charge on any atom is 0.573 e. The van der Waals surface area contributed by atoms with Crippen molar-refractivity contribution in [2.45, 2.75) is 18.8 Å². The van der Waals surface area contributed by atoms with Crippen LogP contribution in [-0.2, 0) is 6.42 Å². The Morgan fingerprint density at radius 2 is 2.04 bits per heavy atom. The average Bonchev–Trinajstić information content (AvgIpc) is 2.54. The SMILES string of the molecule is N#Cc1cc(CC2CN(C(=O)O)CC(C#N)C2N)cc(OC(F)(F)F)c1. The second-order valence-electron chi connectivity index (χ2n) is 5.99. The third kappa shape index (κ3) is 4.77. The topological polar surface area (TPSA) is 123 Å². The molecule has 0 aliphatic carbocycles. The van der Waals surface area contributed by atoms with Crippen molar-refractivity contribution in [1.29, 1.82) is 10.5 Å². The number of likely N-dealkylation sites (tertiary alicyclic amines) is 1. The highest BCUT2D eigenvalue weighted by molar-refractivity contribution is 5.65. The van der Waals surface area contributed by atoms with Gasteiger partial charge in [0.2, 0.25) is 0 Å². The minimum atomic E-state index is -4.90. The van der Waals surface area contributed by atoms with Crippen LogP contribution in [0.1, 0.15) is 11.1 Å². The van der Waals surface area contributed by atoms with Crippen molar-refractivity contribution in [3.63, 3.8) is 0 Å². The molecule has 3 unspecified atom stereocenters. The number of nitrogens with zero attached hydrogens (tertiary/aromatic N) is 3. The quantitative estimate of drug-likeness (QED) is 0.842. The summed E-state index contributed by atoms with van der Waals surface area (Å²) in [6, 6.07) is 6.54. The highest BCUT2D eigenvalue weighted by Gasteiger charge is 2.37. The monoisotopic (exact) mass is 368 g/mol. The largest absolute Gasteiger partial charge is 0.573 e. The first-order valence-corrected chi connectivity index (χ1v) is 7.56. The lowest BCUT2D eigenvalue weighted by atomic mass is 9.81. The molecule has 0 saturated carbocycles. The van der Waals surface area contributed by atoms with E-state index in [1.54, 1.807) is 6.07 Å². The van der Waals surface area contributed by atoms with E-state index in [2.05, 4.69) is 4.74 Å². The van der Waals surface area contributed by atoms with Gasteiger partial charge in [0.25, 0.3) is 0 Å². The van der Waals surface area contributed by atoms with E-state index in [-0.39, 0.29) is 25.1 Å². The van der Waals surface area contributed by atoms with Crippen LogP contribution in [0.4, 0.5) is 18.0 Å². The van der Waals surface area contributed by atoms with Crippen LogP contribution in [0.2, 0.25) is 0 Å². The molecule has 1 fully saturated rings. The molecule has 0 spiro atoms. The van der Waals surface area contributed by atoms with Gasteiger partial charge in [0.15, 0.2) is 0 Å². The number of nitriles is 2. The van der Waals surface area contributed by atoms with Gasteiger partial charge in [-0.2, -0.15) is 10.5 Å². The van der Waals surface area contributed by atoms with Crippen molar-refractivity contribution in [3.05, 3.63) is 29.3 Å². The number of carbonyl (C=O) groups is 1. The number of piperidine rings is 1. The summed E-state index contributed by atoms with van der Waals surface area (Å²) in [5, 5.41) is 27.3. The maximum absolute atomic E-state index is 12.4. The summed E-state index contributed by atoms with van der Waals surface area (Å²) < 4.78 is 41.2. The van der Waals surface area contributed by atoms with Gasteiger partial charge in [-0.1, -0.05) is 0 Å². The Morgan fingerprint density at radius 3 is 2.58 bits per heavy atom. The smallest absolute Gasteiger partial charge is 0.465 e. The molecule has 1 aromatic rings. The fourth-order valence-electron chi connectivity index (χ4n) is 2.99. The number of carboxylic acid groups (broad SMARTS) is 1. The van der Waals surface area contributed by atoms with Crippen molar-refractivity contribution in [2.24, 2.45) is 17.6 Å². The zero-order chi connectivity index (χ0) is 19.5. The first kappa shape index (κ1) is 19.3.